The predicted octanol–water partition coefficient (Wildman–Crippen LogP) is 2.74. The van der Waals surface area contributed by atoms with Crippen LogP contribution in [0.4, 0.5) is 4.39 Å². The molecule has 2 aromatic rings. The van der Waals surface area contributed by atoms with E-state index >= 15 is 0 Å². The standard InChI is InChI=1S/C20H23FN2O4/c1-12-9-13(2)19(14(3)10-12)26-11-18(24)22-23-20(25)15(4)27-17-7-5-16(21)6-8-17/h5-10,15H,11H2,1-4H3,(H,22,24)(H,23,25)/t15-/m0/s1. The van der Waals surface area contributed by atoms with Gasteiger partial charge in [-0.05, 0) is 63.1 Å². The molecule has 0 heterocycles. The van der Waals surface area contributed by atoms with Crippen LogP contribution in [0.2, 0.25) is 0 Å². The SMILES string of the molecule is Cc1cc(C)c(OCC(=O)NNC(=O)[C@H](C)Oc2ccc(F)cc2)c(C)c1. The largest absolute Gasteiger partial charge is 0.483 e. The molecule has 0 saturated carbocycles. The molecule has 0 fully saturated rings. The van der Waals surface area contributed by atoms with Gasteiger partial charge in [-0.3, -0.25) is 20.4 Å². The average molecular weight is 374 g/mol. The molecule has 2 rings (SSSR count). The molecule has 0 aliphatic heterocycles. The zero-order valence-corrected chi connectivity index (χ0v) is 15.8. The number of carbonyl (C=O) groups is 2. The molecule has 2 aromatic carbocycles. The first-order chi connectivity index (χ1) is 12.8. The van der Waals surface area contributed by atoms with E-state index in [2.05, 4.69) is 10.9 Å². The summed E-state index contributed by atoms with van der Waals surface area (Å²) >= 11 is 0. The molecule has 0 aromatic heterocycles. The summed E-state index contributed by atoms with van der Waals surface area (Å²) in [5.41, 5.74) is 7.53. The third-order valence-corrected chi connectivity index (χ3v) is 3.77. The minimum atomic E-state index is -0.877. The summed E-state index contributed by atoms with van der Waals surface area (Å²) in [5.74, 6) is -0.452. The molecule has 0 saturated heterocycles. The van der Waals surface area contributed by atoms with Gasteiger partial charge >= 0.3 is 0 Å². The number of rotatable bonds is 6. The van der Waals surface area contributed by atoms with Crippen molar-refractivity contribution in [2.75, 3.05) is 6.61 Å². The van der Waals surface area contributed by atoms with Gasteiger partial charge in [0, 0.05) is 0 Å². The lowest BCUT2D eigenvalue weighted by atomic mass is 10.1. The van der Waals surface area contributed by atoms with Gasteiger partial charge in [0.15, 0.2) is 12.7 Å². The second kappa shape index (κ2) is 9.02. The molecule has 6 nitrogen and oxygen atoms in total. The zero-order chi connectivity index (χ0) is 20.0. The van der Waals surface area contributed by atoms with Crippen LogP contribution in [-0.2, 0) is 9.59 Å². The smallest absolute Gasteiger partial charge is 0.279 e. The molecule has 2 N–H and O–H groups in total. The van der Waals surface area contributed by atoms with E-state index in [0.717, 1.165) is 16.7 Å². The van der Waals surface area contributed by atoms with Gasteiger partial charge in [0.05, 0.1) is 0 Å². The molecule has 0 aliphatic rings. The van der Waals surface area contributed by atoms with Crippen LogP contribution in [-0.4, -0.2) is 24.5 Å². The van der Waals surface area contributed by atoms with Gasteiger partial charge in [-0.2, -0.15) is 0 Å². The van der Waals surface area contributed by atoms with E-state index in [4.69, 9.17) is 9.47 Å². The van der Waals surface area contributed by atoms with Crippen LogP contribution in [0.1, 0.15) is 23.6 Å². The fraction of sp³-hybridized carbons (Fsp3) is 0.300. The number of aryl methyl sites for hydroxylation is 3. The summed E-state index contributed by atoms with van der Waals surface area (Å²) in [6, 6.07) is 9.23. The minimum Gasteiger partial charge on any atom is -0.483 e. The van der Waals surface area contributed by atoms with E-state index in [9.17, 15) is 14.0 Å². The van der Waals surface area contributed by atoms with Crippen LogP contribution < -0.4 is 20.3 Å². The third-order valence-electron chi connectivity index (χ3n) is 3.77. The first-order valence-corrected chi connectivity index (χ1v) is 8.48. The van der Waals surface area contributed by atoms with Crippen LogP contribution in [0, 0.1) is 26.6 Å². The summed E-state index contributed by atoms with van der Waals surface area (Å²) < 4.78 is 23.8. The van der Waals surface area contributed by atoms with Crippen molar-refractivity contribution in [3.63, 3.8) is 0 Å². The Hall–Kier alpha value is -3.09. The maximum atomic E-state index is 12.9. The number of benzene rings is 2. The molecule has 1 atom stereocenters. The Morgan fingerprint density at radius 3 is 2.22 bits per heavy atom. The molecule has 2 amide bonds. The van der Waals surface area contributed by atoms with Crippen LogP contribution in [0.5, 0.6) is 11.5 Å². The summed E-state index contributed by atoms with van der Waals surface area (Å²) in [4.78, 5) is 23.9. The van der Waals surface area contributed by atoms with Crippen molar-refractivity contribution in [3.05, 3.63) is 58.9 Å². The van der Waals surface area contributed by atoms with Crippen molar-refractivity contribution >= 4 is 11.8 Å². The van der Waals surface area contributed by atoms with Crippen LogP contribution >= 0.6 is 0 Å². The molecular weight excluding hydrogens is 351 g/mol. The number of ether oxygens (including phenoxy) is 2. The Balaban J connectivity index is 1.79. The zero-order valence-electron chi connectivity index (χ0n) is 15.8. The fourth-order valence-corrected chi connectivity index (χ4v) is 2.57. The Morgan fingerprint density at radius 2 is 1.63 bits per heavy atom. The van der Waals surface area contributed by atoms with Gasteiger partial charge in [0.25, 0.3) is 11.8 Å². The Kier molecular flexibility index (Phi) is 6.76. The lowest BCUT2D eigenvalue weighted by Crippen LogP contribution is -2.48. The number of carbonyl (C=O) groups excluding carboxylic acids is 2. The highest BCUT2D eigenvalue weighted by molar-refractivity contribution is 5.85. The van der Waals surface area contributed by atoms with Crippen LogP contribution in [0.15, 0.2) is 36.4 Å². The Bertz CT molecular complexity index is 798. The maximum Gasteiger partial charge on any atom is 0.279 e. The van der Waals surface area contributed by atoms with Crippen molar-refractivity contribution < 1.29 is 23.5 Å². The molecule has 0 aliphatic carbocycles. The summed E-state index contributed by atoms with van der Waals surface area (Å²) in [6.45, 7) is 7.08. The fourth-order valence-electron chi connectivity index (χ4n) is 2.57. The van der Waals surface area contributed by atoms with Gasteiger partial charge < -0.3 is 9.47 Å². The molecule has 144 valence electrons. The Labute approximate surface area is 157 Å². The Morgan fingerprint density at radius 1 is 1.04 bits per heavy atom. The van der Waals surface area contributed by atoms with E-state index in [-0.39, 0.29) is 6.61 Å². The molecule has 0 spiro atoms. The molecule has 7 heteroatoms. The summed E-state index contributed by atoms with van der Waals surface area (Å²) in [7, 11) is 0. The van der Waals surface area contributed by atoms with Crippen molar-refractivity contribution in [2.45, 2.75) is 33.8 Å². The minimum absolute atomic E-state index is 0.238. The van der Waals surface area contributed by atoms with E-state index in [0.29, 0.717) is 11.5 Å². The first-order valence-electron chi connectivity index (χ1n) is 8.48. The molecular formula is C20H23FN2O4. The monoisotopic (exact) mass is 374 g/mol. The van der Waals surface area contributed by atoms with E-state index in [1.807, 2.05) is 32.9 Å². The van der Waals surface area contributed by atoms with Crippen LogP contribution in [0.3, 0.4) is 0 Å². The second-order valence-electron chi connectivity index (χ2n) is 6.27. The van der Waals surface area contributed by atoms with Crippen LogP contribution in [0.25, 0.3) is 0 Å². The highest BCUT2D eigenvalue weighted by Crippen LogP contribution is 2.24. The number of amides is 2. The van der Waals surface area contributed by atoms with Crippen molar-refractivity contribution in [1.29, 1.82) is 0 Å². The van der Waals surface area contributed by atoms with Crippen molar-refractivity contribution in [2.24, 2.45) is 0 Å². The lowest BCUT2D eigenvalue weighted by Gasteiger charge is -2.16. The topological polar surface area (TPSA) is 76.7 Å². The first kappa shape index (κ1) is 20.2. The normalized spacial score (nSPS) is 11.4. The maximum absolute atomic E-state index is 12.9. The van der Waals surface area contributed by atoms with Gasteiger partial charge in [-0.15, -0.1) is 0 Å². The van der Waals surface area contributed by atoms with Gasteiger partial charge in [0.2, 0.25) is 0 Å². The number of hydrazine groups is 1. The quantitative estimate of drug-likeness (QED) is 0.763. The molecule has 0 radical (unpaired) electrons. The van der Waals surface area contributed by atoms with Crippen molar-refractivity contribution in [1.82, 2.24) is 10.9 Å². The van der Waals surface area contributed by atoms with Gasteiger partial charge in [-0.25, -0.2) is 4.39 Å². The third kappa shape index (κ3) is 5.99. The van der Waals surface area contributed by atoms with E-state index in [1.165, 1.54) is 31.2 Å². The highest BCUT2D eigenvalue weighted by atomic mass is 19.1. The summed E-state index contributed by atoms with van der Waals surface area (Å²) in [6.07, 6.45) is -0.877. The molecule has 27 heavy (non-hydrogen) atoms. The second-order valence-corrected chi connectivity index (χ2v) is 6.27. The summed E-state index contributed by atoms with van der Waals surface area (Å²) in [5, 5.41) is 0. The average Bonchev–Trinajstić information content (AvgIpc) is 2.60. The number of hydrogen-bond acceptors (Lipinski definition) is 4. The highest BCUT2D eigenvalue weighted by Gasteiger charge is 2.16. The number of halogens is 1. The number of nitrogens with one attached hydrogen (secondary N) is 2. The van der Waals surface area contributed by atoms with E-state index in [1.54, 1.807) is 0 Å². The van der Waals surface area contributed by atoms with Gasteiger partial charge in [-0.1, -0.05) is 17.7 Å². The lowest BCUT2D eigenvalue weighted by molar-refractivity contribution is -0.133. The molecule has 0 bridgehead atoms. The van der Waals surface area contributed by atoms with Crippen molar-refractivity contribution in [3.8, 4) is 11.5 Å². The van der Waals surface area contributed by atoms with Gasteiger partial charge in [0.1, 0.15) is 17.3 Å². The predicted molar refractivity (Wildman–Crippen MR) is 98.9 cm³/mol. The van der Waals surface area contributed by atoms with E-state index < -0.39 is 23.7 Å². The number of hydrogen-bond donors (Lipinski definition) is 2. The molecule has 0 unspecified atom stereocenters.